The van der Waals surface area contributed by atoms with Gasteiger partial charge in [-0.3, -0.25) is 9.59 Å². The summed E-state index contributed by atoms with van der Waals surface area (Å²) >= 11 is 5.92. The molecule has 0 bridgehead atoms. The average molecular weight is 327 g/mol. The maximum absolute atomic E-state index is 12.3. The second-order valence-corrected chi connectivity index (χ2v) is 5.72. The number of hydrogen-bond acceptors (Lipinski definition) is 2. The number of nitrogens with one attached hydrogen (secondary N) is 1. The summed E-state index contributed by atoms with van der Waals surface area (Å²) in [5.41, 5.74) is 2.92. The van der Waals surface area contributed by atoms with Crippen LogP contribution in [0.15, 0.2) is 48.5 Å². The summed E-state index contributed by atoms with van der Waals surface area (Å²) in [7, 11) is 0. The Bertz CT molecular complexity index is 899. The van der Waals surface area contributed by atoms with E-state index in [1.54, 1.807) is 24.3 Å². The first-order chi connectivity index (χ1) is 11.1. The van der Waals surface area contributed by atoms with Gasteiger partial charge in [0.15, 0.2) is 6.29 Å². The van der Waals surface area contributed by atoms with E-state index in [0.717, 1.165) is 22.9 Å². The number of fused-ring (bicyclic) bond motifs is 1. The quantitative estimate of drug-likeness (QED) is 0.735. The number of amides is 1. The van der Waals surface area contributed by atoms with Gasteiger partial charge in [0.1, 0.15) is 6.54 Å². The number of benzene rings is 2. The Hall–Kier alpha value is -2.59. The number of hydrogen-bond donors (Lipinski definition) is 1. The molecule has 116 valence electrons. The van der Waals surface area contributed by atoms with Crippen molar-refractivity contribution < 1.29 is 9.59 Å². The Kier molecular flexibility index (Phi) is 4.17. The molecule has 2 aromatic carbocycles. The van der Waals surface area contributed by atoms with Crippen LogP contribution in [0.2, 0.25) is 5.02 Å². The Balaban J connectivity index is 1.91. The lowest BCUT2D eigenvalue weighted by atomic mass is 10.1. The molecule has 0 saturated heterocycles. The summed E-state index contributed by atoms with van der Waals surface area (Å²) in [4.78, 5) is 23.7. The molecule has 23 heavy (non-hydrogen) atoms. The van der Waals surface area contributed by atoms with Crippen LogP contribution in [0.3, 0.4) is 0 Å². The number of nitrogens with zero attached hydrogens (tertiary/aromatic N) is 1. The zero-order valence-electron chi connectivity index (χ0n) is 12.5. The summed E-state index contributed by atoms with van der Waals surface area (Å²) in [5, 5.41) is 4.24. The van der Waals surface area contributed by atoms with Crippen molar-refractivity contribution in [1.29, 1.82) is 0 Å². The van der Waals surface area contributed by atoms with Crippen molar-refractivity contribution in [1.82, 2.24) is 4.57 Å². The summed E-state index contributed by atoms with van der Waals surface area (Å²) in [6, 6.07) is 14.6. The molecule has 1 aromatic heterocycles. The van der Waals surface area contributed by atoms with Gasteiger partial charge in [0.25, 0.3) is 0 Å². The molecule has 1 amide bonds. The van der Waals surface area contributed by atoms with Crippen LogP contribution in [0.5, 0.6) is 0 Å². The van der Waals surface area contributed by atoms with E-state index >= 15 is 0 Å². The minimum Gasteiger partial charge on any atom is -0.335 e. The standard InChI is InChI=1S/C18H15ClN2O2/c1-12-16(11-22)15-7-2-3-8-17(15)21(12)10-18(23)20-14-6-4-5-13(19)9-14/h2-9,11H,10H2,1H3,(H,20,23). The molecule has 1 heterocycles. The van der Waals surface area contributed by atoms with Gasteiger partial charge in [0.2, 0.25) is 5.91 Å². The van der Waals surface area contributed by atoms with Crippen LogP contribution >= 0.6 is 11.6 Å². The van der Waals surface area contributed by atoms with Crippen molar-refractivity contribution in [2.75, 3.05) is 5.32 Å². The highest BCUT2D eigenvalue weighted by molar-refractivity contribution is 6.30. The van der Waals surface area contributed by atoms with Crippen LogP contribution < -0.4 is 5.32 Å². The van der Waals surface area contributed by atoms with Gasteiger partial charge in [-0.2, -0.15) is 0 Å². The molecule has 0 aliphatic heterocycles. The molecule has 0 aliphatic carbocycles. The number of rotatable bonds is 4. The molecular formula is C18H15ClN2O2. The molecule has 0 atom stereocenters. The van der Waals surface area contributed by atoms with Crippen LogP contribution in [-0.2, 0) is 11.3 Å². The zero-order chi connectivity index (χ0) is 16.4. The van der Waals surface area contributed by atoms with Gasteiger partial charge in [-0.1, -0.05) is 35.9 Å². The number of para-hydroxylation sites is 1. The normalized spacial score (nSPS) is 10.7. The number of carbonyl (C=O) groups excluding carboxylic acids is 2. The van der Waals surface area contributed by atoms with Crippen LogP contribution in [0.25, 0.3) is 10.9 Å². The number of carbonyl (C=O) groups is 2. The van der Waals surface area contributed by atoms with Crippen molar-refractivity contribution in [3.05, 3.63) is 64.8 Å². The van der Waals surface area contributed by atoms with Gasteiger partial charge < -0.3 is 9.88 Å². The van der Waals surface area contributed by atoms with Gasteiger partial charge in [-0.05, 0) is 31.2 Å². The molecule has 0 saturated carbocycles. The van der Waals surface area contributed by atoms with Crippen molar-refractivity contribution in [2.45, 2.75) is 13.5 Å². The van der Waals surface area contributed by atoms with E-state index in [1.165, 1.54) is 0 Å². The van der Waals surface area contributed by atoms with Gasteiger partial charge in [-0.15, -0.1) is 0 Å². The second-order valence-electron chi connectivity index (χ2n) is 5.28. The predicted octanol–water partition coefficient (Wildman–Crippen LogP) is 4.05. The first kappa shape index (κ1) is 15.3. The first-order valence-electron chi connectivity index (χ1n) is 7.18. The summed E-state index contributed by atoms with van der Waals surface area (Å²) in [6.45, 7) is 1.98. The minimum atomic E-state index is -0.173. The fourth-order valence-corrected chi connectivity index (χ4v) is 2.91. The van der Waals surface area contributed by atoms with E-state index in [9.17, 15) is 9.59 Å². The Labute approximate surface area is 138 Å². The van der Waals surface area contributed by atoms with E-state index in [4.69, 9.17) is 11.6 Å². The number of anilines is 1. The lowest BCUT2D eigenvalue weighted by Gasteiger charge is -2.09. The monoisotopic (exact) mass is 326 g/mol. The third kappa shape index (κ3) is 2.98. The van der Waals surface area contributed by atoms with Gasteiger partial charge >= 0.3 is 0 Å². The van der Waals surface area contributed by atoms with E-state index in [1.807, 2.05) is 35.8 Å². The van der Waals surface area contributed by atoms with E-state index in [-0.39, 0.29) is 12.5 Å². The molecule has 0 spiro atoms. The third-order valence-electron chi connectivity index (χ3n) is 3.81. The second kappa shape index (κ2) is 6.26. The molecule has 5 heteroatoms. The highest BCUT2D eigenvalue weighted by atomic mass is 35.5. The lowest BCUT2D eigenvalue weighted by molar-refractivity contribution is -0.116. The maximum Gasteiger partial charge on any atom is 0.244 e. The van der Waals surface area contributed by atoms with Crippen LogP contribution in [-0.4, -0.2) is 16.8 Å². The molecule has 0 aliphatic rings. The fraction of sp³-hybridized carbons (Fsp3) is 0.111. The molecule has 0 unspecified atom stereocenters. The molecule has 3 rings (SSSR count). The van der Waals surface area contributed by atoms with Gasteiger partial charge in [0, 0.05) is 32.9 Å². The van der Waals surface area contributed by atoms with E-state index in [2.05, 4.69) is 5.32 Å². The number of halogens is 1. The predicted molar refractivity (Wildman–Crippen MR) is 92.1 cm³/mol. The van der Waals surface area contributed by atoms with Crippen LogP contribution in [0.1, 0.15) is 16.1 Å². The number of aromatic nitrogens is 1. The summed E-state index contributed by atoms with van der Waals surface area (Å²) < 4.78 is 1.85. The SMILES string of the molecule is Cc1c(C=O)c2ccccc2n1CC(=O)Nc1cccc(Cl)c1. The molecule has 3 aromatic rings. The fourth-order valence-electron chi connectivity index (χ4n) is 2.72. The average Bonchev–Trinajstić information content (AvgIpc) is 2.79. The van der Waals surface area contributed by atoms with Crippen molar-refractivity contribution in [3.8, 4) is 0 Å². The topological polar surface area (TPSA) is 51.1 Å². The van der Waals surface area contributed by atoms with Crippen molar-refractivity contribution >= 4 is 40.4 Å². The van der Waals surface area contributed by atoms with E-state index in [0.29, 0.717) is 16.3 Å². The highest BCUT2D eigenvalue weighted by Crippen LogP contribution is 2.24. The Morgan fingerprint density at radius 3 is 2.74 bits per heavy atom. The number of aldehydes is 1. The smallest absolute Gasteiger partial charge is 0.244 e. The van der Waals surface area contributed by atoms with Gasteiger partial charge in [0.05, 0.1) is 0 Å². The summed E-state index contributed by atoms with van der Waals surface area (Å²) in [6.07, 6.45) is 0.836. The van der Waals surface area contributed by atoms with Crippen LogP contribution in [0.4, 0.5) is 5.69 Å². The molecule has 0 radical (unpaired) electrons. The highest BCUT2D eigenvalue weighted by Gasteiger charge is 2.15. The lowest BCUT2D eigenvalue weighted by Crippen LogP contribution is -2.19. The molecule has 1 N–H and O–H groups in total. The largest absolute Gasteiger partial charge is 0.335 e. The molecular weight excluding hydrogens is 312 g/mol. The Morgan fingerprint density at radius 2 is 2.00 bits per heavy atom. The van der Waals surface area contributed by atoms with Crippen LogP contribution in [0, 0.1) is 6.92 Å². The van der Waals surface area contributed by atoms with Crippen molar-refractivity contribution in [2.24, 2.45) is 0 Å². The van der Waals surface area contributed by atoms with Gasteiger partial charge in [-0.25, -0.2) is 0 Å². The third-order valence-corrected chi connectivity index (χ3v) is 4.04. The molecule has 0 fully saturated rings. The molecule has 4 nitrogen and oxygen atoms in total. The maximum atomic E-state index is 12.3. The zero-order valence-corrected chi connectivity index (χ0v) is 13.3. The van der Waals surface area contributed by atoms with E-state index < -0.39 is 0 Å². The first-order valence-corrected chi connectivity index (χ1v) is 7.56. The minimum absolute atomic E-state index is 0.132. The Morgan fingerprint density at radius 1 is 1.22 bits per heavy atom. The summed E-state index contributed by atoms with van der Waals surface area (Å²) in [5.74, 6) is -0.173. The van der Waals surface area contributed by atoms with Crippen molar-refractivity contribution in [3.63, 3.8) is 0 Å².